The van der Waals surface area contributed by atoms with E-state index in [4.69, 9.17) is 0 Å². The molecule has 36 heteroatoms. The summed E-state index contributed by atoms with van der Waals surface area (Å²) in [6.45, 7) is -0.613. The first-order chi connectivity index (χ1) is 31.3. The second-order valence-electron chi connectivity index (χ2n) is 13.5. The molecule has 0 saturated heterocycles. The summed E-state index contributed by atoms with van der Waals surface area (Å²) in [5.41, 5.74) is -3.20. The predicted octanol–water partition coefficient (Wildman–Crippen LogP) is -10.8. The fourth-order valence-corrected chi connectivity index (χ4v) is 8.34. The summed E-state index contributed by atoms with van der Waals surface area (Å²) in [6.07, 6.45) is 0. The largest absolute Gasteiger partial charge is 2.00 e. The SMILES string of the molecule is O=S(=O)([O-])c1ccc(N=Nc2c(S(=O)(=O)[O-])cc3cc(Nc4nc(-c5ccc6c([O-])c(N=Nc7ccc(S(=O)(=O)[O-])cc7[O-])c(S(=O)(=O)[O-])cc6c5)nc(=NCCO)[nH]4)ccc3c2[O-])c([O-])c1.[Cu+2].[Cu+2].[Na+].[Na+].[Na+].[Na+]. The van der Waals surface area contributed by atoms with Crippen LogP contribution in [0.4, 0.5) is 34.4 Å². The molecule has 366 valence electrons. The molecule has 0 saturated carbocycles. The molecule has 6 aromatic carbocycles. The average molecular weight is 1210 g/mol. The van der Waals surface area contributed by atoms with Crippen molar-refractivity contribution in [1.82, 2.24) is 15.0 Å². The molecular formula is C37H21Cu2N9Na4O17S4. The van der Waals surface area contributed by atoms with E-state index < -0.39 is 112 Å². The second kappa shape index (κ2) is 27.2. The summed E-state index contributed by atoms with van der Waals surface area (Å²) >= 11 is 0. The number of anilines is 2. The smallest absolute Gasteiger partial charge is 0.871 e. The fraction of sp³-hybridized carbons (Fsp3) is 0.0541. The summed E-state index contributed by atoms with van der Waals surface area (Å²) in [5, 5.41) is 77.4. The molecule has 2 radical (unpaired) electrons. The number of aliphatic hydroxyl groups is 1. The molecule has 0 aliphatic carbocycles. The molecule has 1 heterocycles. The minimum Gasteiger partial charge on any atom is -0.871 e. The minimum absolute atomic E-state index is 0. The van der Waals surface area contributed by atoms with Gasteiger partial charge in [-0.25, -0.2) is 38.7 Å². The number of H-pyrrole nitrogens is 1. The first-order valence-corrected chi connectivity index (χ1v) is 23.7. The van der Waals surface area contributed by atoms with Crippen LogP contribution < -0.4 is 150 Å². The van der Waals surface area contributed by atoms with Crippen molar-refractivity contribution in [2.24, 2.45) is 25.4 Å². The van der Waals surface area contributed by atoms with Crippen molar-refractivity contribution < 1.29 is 230 Å². The van der Waals surface area contributed by atoms with E-state index in [-0.39, 0.29) is 209 Å². The Morgan fingerprint density at radius 3 is 1.42 bits per heavy atom. The van der Waals surface area contributed by atoms with Gasteiger partial charge in [-0.1, -0.05) is 53.3 Å². The number of hydrogen-bond acceptors (Lipinski definition) is 25. The first-order valence-electron chi connectivity index (χ1n) is 18.0. The summed E-state index contributed by atoms with van der Waals surface area (Å²) in [7, 11) is -21.0. The molecule has 0 spiro atoms. The maximum atomic E-state index is 13.6. The second-order valence-corrected chi connectivity index (χ2v) is 19.0. The van der Waals surface area contributed by atoms with E-state index in [0.717, 1.165) is 36.4 Å². The van der Waals surface area contributed by atoms with E-state index in [2.05, 4.69) is 45.7 Å². The van der Waals surface area contributed by atoms with Gasteiger partial charge in [-0.05, 0) is 76.1 Å². The Labute approximate surface area is 522 Å². The Bertz CT molecular complexity index is 3850. The van der Waals surface area contributed by atoms with Crippen LogP contribution in [-0.4, -0.2) is 85.1 Å². The van der Waals surface area contributed by atoms with Gasteiger partial charge in [0.15, 0.2) is 5.82 Å². The Hall–Kier alpha value is -2.51. The van der Waals surface area contributed by atoms with Crippen LogP contribution in [0.15, 0.2) is 130 Å². The molecule has 0 atom stereocenters. The Balaban J connectivity index is 0.00000444. The quantitative estimate of drug-likeness (QED) is 0.0548. The summed E-state index contributed by atoms with van der Waals surface area (Å²) in [4.78, 5) is 11.4. The van der Waals surface area contributed by atoms with Crippen molar-refractivity contribution in [2.45, 2.75) is 19.6 Å². The molecular weight excluding hydrogens is 1190 g/mol. The summed E-state index contributed by atoms with van der Waals surface area (Å²) < 4.78 is 142. The Morgan fingerprint density at radius 1 is 0.548 bits per heavy atom. The maximum absolute atomic E-state index is 13.6. The number of azo groups is 2. The van der Waals surface area contributed by atoms with Gasteiger partial charge in [0.25, 0.3) is 0 Å². The maximum Gasteiger partial charge on any atom is 2.00 e. The van der Waals surface area contributed by atoms with Crippen LogP contribution in [0.1, 0.15) is 0 Å². The topological polar surface area (TPSA) is 457 Å². The number of benzene rings is 6. The zero-order chi connectivity index (χ0) is 48.8. The summed E-state index contributed by atoms with van der Waals surface area (Å²) in [5.74, 6) is -4.85. The number of aromatic amines is 1. The van der Waals surface area contributed by atoms with Crippen LogP contribution >= 0.6 is 0 Å². The standard InChI is InChI=1S/C37H29N9O17S4.2Cu.4Na/c47-10-9-38-36-40-35(17-1-5-23-18(11-17)13-29(66(58,59)60)31(33(23)50)45-43-25-7-3-21(15-27(25)48)64(52,53)54)41-37(42-36)39-20-2-6-24-19(12-20)14-30(67(61,62)63)32(34(24)51)46-44-26-8-4-22(16-28(26)49)65(55,56)57;;;;;;/h1-8,11-16,47-51H,9-10H2,(H,52,53,54)(H,55,56,57)(H,58,59,60)(H,61,62,63)(H2,38,39,40,41,42);;;;;;/q;2*+2;4*+1/p-8. The van der Waals surface area contributed by atoms with Crippen molar-refractivity contribution in [3.8, 4) is 34.4 Å². The van der Waals surface area contributed by atoms with E-state index in [1.165, 1.54) is 36.4 Å². The number of hydrogen-bond donors (Lipinski definition) is 3. The van der Waals surface area contributed by atoms with Crippen LogP contribution in [0.3, 0.4) is 0 Å². The van der Waals surface area contributed by atoms with Crippen LogP contribution in [0.25, 0.3) is 32.9 Å². The van der Waals surface area contributed by atoms with Gasteiger partial charge >= 0.3 is 152 Å². The van der Waals surface area contributed by atoms with Crippen molar-refractivity contribution in [3.05, 3.63) is 90.5 Å². The van der Waals surface area contributed by atoms with Gasteiger partial charge in [0.2, 0.25) is 11.6 Å². The molecule has 7 aromatic rings. The number of nitrogens with one attached hydrogen (secondary N) is 2. The zero-order valence-corrected chi connectivity index (χ0v) is 50.5. The molecule has 0 aliphatic heterocycles. The molecule has 3 N–H and O–H groups in total. The average Bonchev–Trinajstić information content (AvgIpc) is 3.24. The monoisotopic (exact) mass is 1210 g/mol. The predicted molar refractivity (Wildman–Crippen MR) is 215 cm³/mol. The molecule has 26 nitrogen and oxygen atoms in total. The Morgan fingerprint density at radius 2 is 1.00 bits per heavy atom. The van der Waals surface area contributed by atoms with E-state index in [1.807, 2.05) is 0 Å². The van der Waals surface area contributed by atoms with Crippen LogP contribution in [0.2, 0.25) is 0 Å². The third kappa shape index (κ3) is 16.3. The van der Waals surface area contributed by atoms with Crippen molar-refractivity contribution in [3.63, 3.8) is 0 Å². The molecule has 1 aromatic heterocycles. The van der Waals surface area contributed by atoms with E-state index in [1.54, 1.807) is 0 Å². The number of fused-ring (bicyclic) bond motifs is 2. The van der Waals surface area contributed by atoms with E-state index in [9.17, 15) is 77.4 Å². The van der Waals surface area contributed by atoms with Crippen LogP contribution in [0, 0.1) is 0 Å². The van der Waals surface area contributed by atoms with Gasteiger partial charge in [0, 0.05) is 11.3 Å². The first kappa shape index (κ1) is 68.5. The number of rotatable bonds is 13. The fourth-order valence-electron chi connectivity index (χ4n) is 6.09. The van der Waals surface area contributed by atoms with Crippen LogP contribution in [0.5, 0.6) is 23.0 Å². The van der Waals surface area contributed by atoms with Crippen LogP contribution in [-0.2, 0) is 74.6 Å². The van der Waals surface area contributed by atoms with Gasteiger partial charge in [-0.15, -0.1) is 10.2 Å². The number of aliphatic hydroxyl groups excluding tert-OH is 1. The Kier molecular flexibility index (Phi) is 25.5. The third-order valence-electron chi connectivity index (χ3n) is 9.10. The van der Waals surface area contributed by atoms with Gasteiger partial charge in [-0.3, -0.25) is 4.98 Å². The molecule has 73 heavy (non-hydrogen) atoms. The molecule has 0 unspecified atom stereocenters. The molecule has 0 bridgehead atoms. The van der Waals surface area contributed by atoms with E-state index >= 15 is 0 Å². The van der Waals surface area contributed by atoms with Crippen molar-refractivity contribution >= 4 is 96.4 Å². The summed E-state index contributed by atoms with van der Waals surface area (Å²) in [6, 6.07) is 12.9. The normalized spacial score (nSPS) is 12.0. The zero-order valence-electron chi connectivity index (χ0n) is 37.3. The van der Waals surface area contributed by atoms with Crippen molar-refractivity contribution in [2.75, 3.05) is 18.5 Å². The van der Waals surface area contributed by atoms with Crippen molar-refractivity contribution in [1.29, 1.82) is 0 Å². The van der Waals surface area contributed by atoms with E-state index in [0.29, 0.717) is 12.1 Å². The van der Waals surface area contributed by atoms with Gasteiger partial charge < -0.3 is 49.1 Å². The third-order valence-corrected chi connectivity index (χ3v) is 12.5. The minimum atomic E-state index is -5.48. The van der Waals surface area contributed by atoms with Gasteiger partial charge in [0.05, 0.1) is 55.5 Å². The molecule has 7 rings (SSSR count). The molecule has 0 aliphatic rings. The molecule has 0 amide bonds. The van der Waals surface area contributed by atoms with Gasteiger partial charge in [0.1, 0.15) is 40.5 Å². The van der Waals surface area contributed by atoms with Gasteiger partial charge in [-0.2, -0.15) is 20.2 Å². The molecule has 0 fully saturated rings. The number of aromatic nitrogens is 3. The number of nitrogens with zero attached hydrogens (tertiary/aromatic N) is 7.